The minimum absolute atomic E-state index is 0.866. The normalized spacial score (nSPS) is 10.8. The summed E-state index contributed by atoms with van der Waals surface area (Å²) in [4.78, 5) is 4.46. The Morgan fingerprint density at radius 1 is 1.35 bits per heavy atom. The van der Waals surface area contributed by atoms with Crippen LogP contribution in [0.4, 0.5) is 5.95 Å². The molecule has 2 heterocycles. The van der Waals surface area contributed by atoms with E-state index in [0.29, 0.717) is 0 Å². The smallest absolute Gasteiger partial charge is 0.208 e. The van der Waals surface area contributed by atoms with Crippen LogP contribution in [0.1, 0.15) is 26.0 Å². The summed E-state index contributed by atoms with van der Waals surface area (Å²) in [6.45, 7) is 8.01. The lowest BCUT2D eigenvalue weighted by molar-refractivity contribution is 0.652. The molecule has 0 saturated heterocycles. The maximum Gasteiger partial charge on any atom is 0.208 e. The molecule has 0 fully saturated rings. The van der Waals surface area contributed by atoms with E-state index in [9.17, 15) is 0 Å². The van der Waals surface area contributed by atoms with Gasteiger partial charge in [-0.15, -0.1) is 0 Å². The van der Waals surface area contributed by atoms with Crippen LogP contribution in [0.5, 0.6) is 0 Å². The topological polar surface area (TPSA) is 47.7 Å². The molecule has 0 spiro atoms. The molecule has 5 heteroatoms. The fourth-order valence-corrected chi connectivity index (χ4v) is 1.69. The van der Waals surface area contributed by atoms with Crippen molar-refractivity contribution in [3.8, 4) is 5.82 Å². The third kappa shape index (κ3) is 2.49. The average Bonchev–Trinajstić information content (AvgIpc) is 2.92. The quantitative estimate of drug-likeness (QED) is 0.861. The van der Waals surface area contributed by atoms with E-state index in [1.54, 1.807) is 0 Å². The van der Waals surface area contributed by atoms with Gasteiger partial charge in [-0.2, -0.15) is 5.10 Å². The molecule has 2 aromatic heterocycles. The molecule has 0 bridgehead atoms. The summed E-state index contributed by atoms with van der Waals surface area (Å²) in [6.07, 6.45) is 5.06. The van der Waals surface area contributed by atoms with Crippen molar-refractivity contribution in [2.45, 2.75) is 33.7 Å². The Balaban J connectivity index is 2.29. The molecule has 92 valence electrons. The number of rotatable bonds is 5. The predicted octanol–water partition coefficient (Wildman–Crippen LogP) is 2.22. The van der Waals surface area contributed by atoms with E-state index < -0.39 is 0 Å². The minimum Gasteiger partial charge on any atom is -0.355 e. The summed E-state index contributed by atoms with van der Waals surface area (Å²) >= 11 is 0. The molecule has 0 unspecified atom stereocenters. The first-order chi connectivity index (χ1) is 8.24. The molecule has 1 N–H and O–H groups in total. The maximum absolute atomic E-state index is 4.48. The molecule has 2 rings (SSSR count). The van der Waals surface area contributed by atoms with Crippen LogP contribution in [0.2, 0.25) is 0 Å². The second-order valence-electron chi connectivity index (χ2n) is 4.03. The summed E-state index contributed by atoms with van der Waals surface area (Å²) in [7, 11) is 0. The van der Waals surface area contributed by atoms with Gasteiger partial charge in [0.15, 0.2) is 5.82 Å². The molecule has 0 aliphatic rings. The largest absolute Gasteiger partial charge is 0.355 e. The molecule has 0 amide bonds. The van der Waals surface area contributed by atoms with Gasteiger partial charge in [0, 0.05) is 31.5 Å². The number of nitrogens with zero attached hydrogens (tertiary/aromatic N) is 4. The fourth-order valence-electron chi connectivity index (χ4n) is 1.69. The standard InChI is InChI=1S/C12H19N5/c1-4-7-13-12-14-10(3)9-17(12)11-6-8-16(5-2)15-11/h6,8-9H,4-5,7H2,1-3H3,(H,13,14). The van der Waals surface area contributed by atoms with Gasteiger partial charge in [0.2, 0.25) is 5.95 Å². The minimum atomic E-state index is 0.866. The van der Waals surface area contributed by atoms with Crippen molar-refractivity contribution in [2.24, 2.45) is 0 Å². The van der Waals surface area contributed by atoms with Gasteiger partial charge in [-0.25, -0.2) is 4.98 Å². The van der Waals surface area contributed by atoms with Gasteiger partial charge in [-0.3, -0.25) is 9.25 Å². The molecule has 0 aliphatic heterocycles. The van der Waals surface area contributed by atoms with Crippen molar-refractivity contribution in [2.75, 3.05) is 11.9 Å². The summed E-state index contributed by atoms with van der Waals surface area (Å²) in [5.41, 5.74) is 0.995. The van der Waals surface area contributed by atoms with Crippen LogP contribution in [0.25, 0.3) is 5.82 Å². The monoisotopic (exact) mass is 233 g/mol. The van der Waals surface area contributed by atoms with E-state index in [-0.39, 0.29) is 0 Å². The third-order valence-corrected chi connectivity index (χ3v) is 2.56. The Kier molecular flexibility index (Phi) is 3.46. The molecule has 5 nitrogen and oxygen atoms in total. The summed E-state index contributed by atoms with van der Waals surface area (Å²) in [5, 5.41) is 7.79. The van der Waals surface area contributed by atoms with Crippen LogP contribution in [0, 0.1) is 6.92 Å². The Hall–Kier alpha value is -1.78. The Bertz CT molecular complexity index is 483. The second-order valence-corrected chi connectivity index (χ2v) is 4.03. The van der Waals surface area contributed by atoms with Crippen LogP contribution in [-0.2, 0) is 6.54 Å². The summed E-state index contributed by atoms with van der Waals surface area (Å²) < 4.78 is 3.91. The first kappa shape index (κ1) is 11.7. The number of aryl methyl sites for hydroxylation is 2. The van der Waals surface area contributed by atoms with Gasteiger partial charge in [-0.1, -0.05) is 6.92 Å². The van der Waals surface area contributed by atoms with Crippen molar-refractivity contribution >= 4 is 5.95 Å². The Morgan fingerprint density at radius 3 is 2.82 bits per heavy atom. The van der Waals surface area contributed by atoms with Gasteiger partial charge in [0.25, 0.3) is 0 Å². The SMILES string of the molecule is CCCNc1nc(C)cn1-c1ccn(CC)n1. The summed E-state index contributed by atoms with van der Waals surface area (Å²) in [5.74, 6) is 1.77. The highest BCUT2D eigenvalue weighted by atomic mass is 15.3. The molecule has 2 aromatic rings. The number of anilines is 1. The van der Waals surface area contributed by atoms with Crippen LogP contribution in [0.3, 0.4) is 0 Å². The zero-order valence-electron chi connectivity index (χ0n) is 10.6. The number of hydrogen-bond acceptors (Lipinski definition) is 3. The van der Waals surface area contributed by atoms with E-state index in [1.165, 1.54) is 0 Å². The molecular weight excluding hydrogens is 214 g/mol. The average molecular weight is 233 g/mol. The first-order valence-electron chi connectivity index (χ1n) is 6.08. The Labute approximate surface area is 101 Å². The molecule has 17 heavy (non-hydrogen) atoms. The van der Waals surface area contributed by atoms with Gasteiger partial charge in [-0.05, 0) is 20.3 Å². The zero-order valence-corrected chi connectivity index (χ0v) is 10.6. The van der Waals surface area contributed by atoms with E-state index in [1.807, 2.05) is 34.6 Å². The number of hydrogen-bond donors (Lipinski definition) is 1. The highest BCUT2D eigenvalue weighted by Crippen LogP contribution is 2.14. The van der Waals surface area contributed by atoms with E-state index in [0.717, 1.165) is 37.0 Å². The molecule has 0 saturated carbocycles. The lowest BCUT2D eigenvalue weighted by atomic mass is 10.5. The summed E-state index contributed by atoms with van der Waals surface area (Å²) in [6, 6.07) is 2.00. The zero-order chi connectivity index (χ0) is 12.3. The highest BCUT2D eigenvalue weighted by molar-refractivity contribution is 5.38. The van der Waals surface area contributed by atoms with E-state index in [2.05, 4.69) is 29.2 Å². The Morgan fingerprint density at radius 2 is 2.18 bits per heavy atom. The van der Waals surface area contributed by atoms with Crippen molar-refractivity contribution < 1.29 is 0 Å². The van der Waals surface area contributed by atoms with Crippen LogP contribution < -0.4 is 5.32 Å². The number of nitrogens with one attached hydrogen (secondary N) is 1. The van der Waals surface area contributed by atoms with Gasteiger partial charge < -0.3 is 5.32 Å². The number of imidazole rings is 1. The van der Waals surface area contributed by atoms with Crippen molar-refractivity contribution in [1.82, 2.24) is 19.3 Å². The maximum atomic E-state index is 4.48. The molecule has 0 aliphatic carbocycles. The van der Waals surface area contributed by atoms with Crippen LogP contribution in [0.15, 0.2) is 18.5 Å². The molecule has 0 aromatic carbocycles. The van der Waals surface area contributed by atoms with E-state index >= 15 is 0 Å². The molecular formula is C12H19N5. The second kappa shape index (κ2) is 5.03. The van der Waals surface area contributed by atoms with Crippen LogP contribution >= 0.6 is 0 Å². The van der Waals surface area contributed by atoms with Gasteiger partial charge >= 0.3 is 0 Å². The number of aromatic nitrogens is 4. The van der Waals surface area contributed by atoms with Crippen LogP contribution in [-0.4, -0.2) is 25.9 Å². The van der Waals surface area contributed by atoms with Gasteiger partial charge in [0.05, 0.1) is 5.69 Å². The van der Waals surface area contributed by atoms with Gasteiger partial charge in [0.1, 0.15) is 0 Å². The predicted molar refractivity (Wildman–Crippen MR) is 68.5 cm³/mol. The third-order valence-electron chi connectivity index (χ3n) is 2.56. The lowest BCUT2D eigenvalue weighted by Crippen LogP contribution is -2.07. The molecule has 0 radical (unpaired) electrons. The highest BCUT2D eigenvalue weighted by Gasteiger charge is 2.08. The lowest BCUT2D eigenvalue weighted by Gasteiger charge is -2.05. The van der Waals surface area contributed by atoms with E-state index in [4.69, 9.17) is 0 Å². The molecule has 0 atom stereocenters. The van der Waals surface area contributed by atoms with Crippen molar-refractivity contribution in [3.63, 3.8) is 0 Å². The fraction of sp³-hybridized carbons (Fsp3) is 0.500. The van der Waals surface area contributed by atoms with Crippen molar-refractivity contribution in [3.05, 3.63) is 24.2 Å². The van der Waals surface area contributed by atoms with Crippen molar-refractivity contribution in [1.29, 1.82) is 0 Å². The first-order valence-corrected chi connectivity index (χ1v) is 6.08.